The first kappa shape index (κ1) is 10.1. The van der Waals surface area contributed by atoms with Crippen LogP contribution in [0.5, 0.6) is 0 Å². The highest BCUT2D eigenvalue weighted by molar-refractivity contribution is 7.09. The molecule has 0 amide bonds. The average Bonchev–Trinajstić information content (AvgIpc) is 2.84. The third-order valence-corrected chi connectivity index (χ3v) is 2.63. The molecule has 8 heteroatoms. The molecular formula is C7H9N5O2S. The second-order valence-electron chi connectivity index (χ2n) is 2.93. The number of nitrogens with two attached hydrogens (primary N) is 1. The van der Waals surface area contributed by atoms with E-state index in [9.17, 15) is 0 Å². The van der Waals surface area contributed by atoms with E-state index in [0.29, 0.717) is 5.89 Å². The van der Waals surface area contributed by atoms with Crippen molar-refractivity contribution in [1.82, 2.24) is 19.7 Å². The van der Waals surface area contributed by atoms with Crippen LogP contribution in [-0.4, -0.2) is 31.4 Å². The second kappa shape index (κ2) is 4.01. The Morgan fingerprint density at radius 3 is 3.00 bits per heavy atom. The number of aliphatic hydroxyl groups excluding tert-OH is 1. The summed E-state index contributed by atoms with van der Waals surface area (Å²) in [6.07, 6.45) is 0. The Labute approximate surface area is 89.1 Å². The maximum atomic E-state index is 8.81. The van der Waals surface area contributed by atoms with E-state index in [1.165, 1.54) is 11.5 Å². The fourth-order valence-electron chi connectivity index (χ4n) is 0.987. The lowest BCUT2D eigenvalue weighted by Gasteiger charge is -1.98. The van der Waals surface area contributed by atoms with Gasteiger partial charge in [0.25, 0.3) is 5.89 Å². The molecule has 2 aromatic heterocycles. The topological polar surface area (TPSA) is 111 Å². The van der Waals surface area contributed by atoms with Crippen LogP contribution in [-0.2, 0) is 0 Å². The molecule has 0 aliphatic carbocycles. The lowest BCUT2D eigenvalue weighted by molar-refractivity contribution is 0.260. The zero-order valence-electron chi connectivity index (χ0n) is 7.91. The van der Waals surface area contributed by atoms with Crippen molar-refractivity contribution in [2.24, 2.45) is 5.73 Å². The van der Waals surface area contributed by atoms with Crippen molar-refractivity contribution in [3.05, 3.63) is 11.5 Å². The zero-order chi connectivity index (χ0) is 10.8. The third kappa shape index (κ3) is 1.87. The summed E-state index contributed by atoms with van der Waals surface area (Å²) in [4.78, 5) is 4.77. The maximum absolute atomic E-state index is 8.81. The highest BCUT2D eigenvalue weighted by Crippen LogP contribution is 2.24. The monoisotopic (exact) mass is 227 g/mol. The number of rotatable bonds is 3. The van der Waals surface area contributed by atoms with Gasteiger partial charge in [-0.3, -0.25) is 0 Å². The summed E-state index contributed by atoms with van der Waals surface area (Å²) >= 11 is 1.17. The van der Waals surface area contributed by atoms with E-state index < -0.39 is 6.04 Å². The molecule has 1 unspecified atom stereocenters. The standard InChI is InChI=1S/C7H9N5O2S/c1-3-5(15-12-10-3)7-9-6(11-14-7)4(8)2-13/h4,13H,2,8H2,1H3. The largest absolute Gasteiger partial charge is 0.394 e. The van der Waals surface area contributed by atoms with Crippen molar-refractivity contribution in [1.29, 1.82) is 0 Å². The third-order valence-electron chi connectivity index (χ3n) is 1.82. The summed E-state index contributed by atoms with van der Waals surface area (Å²) in [5.74, 6) is 0.613. The van der Waals surface area contributed by atoms with Gasteiger partial charge in [0, 0.05) is 0 Å². The Morgan fingerprint density at radius 1 is 1.60 bits per heavy atom. The molecule has 0 aliphatic heterocycles. The van der Waals surface area contributed by atoms with Crippen molar-refractivity contribution >= 4 is 11.5 Å². The van der Waals surface area contributed by atoms with E-state index in [1.54, 1.807) is 6.92 Å². The number of hydrogen-bond acceptors (Lipinski definition) is 8. The molecule has 80 valence electrons. The highest BCUT2D eigenvalue weighted by atomic mass is 32.1. The molecule has 2 rings (SSSR count). The first-order valence-electron chi connectivity index (χ1n) is 4.21. The zero-order valence-corrected chi connectivity index (χ0v) is 8.73. The van der Waals surface area contributed by atoms with E-state index in [4.69, 9.17) is 15.4 Å². The number of aliphatic hydroxyl groups is 1. The van der Waals surface area contributed by atoms with Gasteiger partial charge in [0.15, 0.2) is 5.82 Å². The minimum absolute atomic E-state index is 0.223. The molecule has 0 saturated carbocycles. The van der Waals surface area contributed by atoms with E-state index in [-0.39, 0.29) is 12.4 Å². The van der Waals surface area contributed by atoms with Gasteiger partial charge in [0.2, 0.25) is 0 Å². The average molecular weight is 227 g/mol. The molecule has 7 nitrogen and oxygen atoms in total. The van der Waals surface area contributed by atoms with Crippen LogP contribution in [0.15, 0.2) is 4.52 Å². The Hall–Kier alpha value is -1.38. The molecule has 0 radical (unpaired) electrons. The van der Waals surface area contributed by atoms with Crippen molar-refractivity contribution in [2.75, 3.05) is 6.61 Å². The van der Waals surface area contributed by atoms with Gasteiger partial charge in [0.05, 0.1) is 18.3 Å². The molecule has 0 fully saturated rings. The summed E-state index contributed by atoms with van der Waals surface area (Å²) in [7, 11) is 0. The predicted molar refractivity (Wildman–Crippen MR) is 52.0 cm³/mol. The summed E-state index contributed by atoms with van der Waals surface area (Å²) in [6.45, 7) is 1.58. The van der Waals surface area contributed by atoms with Crippen LogP contribution < -0.4 is 5.73 Å². The van der Waals surface area contributed by atoms with Crippen LogP contribution in [0, 0.1) is 6.92 Å². The van der Waals surface area contributed by atoms with Crippen LogP contribution in [0.2, 0.25) is 0 Å². The molecule has 2 heterocycles. The molecule has 3 N–H and O–H groups in total. The molecule has 0 aliphatic rings. The number of hydrogen-bond donors (Lipinski definition) is 2. The van der Waals surface area contributed by atoms with Crippen LogP contribution >= 0.6 is 11.5 Å². The van der Waals surface area contributed by atoms with Gasteiger partial charge < -0.3 is 15.4 Å². The highest BCUT2D eigenvalue weighted by Gasteiger charge is 2.17. The van der Waals surface area contributed by atoms with Crippen LogP contribution in [0.25, 0.3) is 10.8 Å². The smallest absolute Gasteiger partial charge is 0.271 e. The van der Waals surface area contributed by atoms with Crippen molar-refractivity contribution in [2.45, 2.75) is 13.0 Å². The summed E-state index contributed by atoms with van der Waals surface area (Å²) in [5, 5.41) is 16.3. The first-order chi connectivity index (χ1) is 7.22. The van der Waals surface area contributed by atoms with Gasteiger partial charge in [-0.1, -0.05) is 9.64 Å². The van der Waals surface area contributed by atoms with Crippen molar-refractivity contribution in [3.8, 4) is 10.8 Å². The summed E-state index contributed by atoms with van der Waals surface area (Å²) in [5.41, 5.74) is 6.27. The van der Waals surface area contributed by atoms with Crippen LogP contribution in [0.4, 0.5) is 0 Å². The van der Waals surface area contributed by atoms with E-state index >= 15 is 0 Å². The SMILES string of the molecule is Cc1nnsc1-c1nc(C(N)CO)no1. The predicted octanol–water partition coefficient (Wildman–Crippen LogP) is -0.111. The van der Waals surface area contributed by atoms with Gasteiger partial charge in [-0.25, -0.2) is 0 Å². The number of aryl methyl sites for hydroxylation is 1. The lowest BCUT2D eigenvalue weighted by atomic mass is 10.3. The molecule has 0 bridgehead atoms. The maximum Gasteiger partial charge on any atom is 0.271 e. The molecule has 2 aromatic rings. The molecular weight excluding hydrogens is 218 g/mol. The van der Waals surface area contributed by atoms with Gasteiger partial charge in [-0.2, -0.15) is 4.98 Å². The van der Waals surface area contributed by atoms with E-state index in [2.05, 4.69) is 19.7 Å². The number of aromatic nitrogens is 4. The van der Waals surface area contributed by atoms with Crippen molar-refractivity contribution in [3.63, 3.8) is 0 Å². The minimum Gasteiger partial charge on any atom is -0.394 e. The normalized spacial score (nSPS) is 13.0. The van der Waals surface area contributed by atoms with E-state index in [1.807, 2.05) is 0 Å². The quantitative estimate of drug-likeness (QED) is 0.752. The van der Waals surface area contributed by atoms with Crippen LogP contribution in [0.1, 0.15) is 17.6 Å². The molecule has 15 heavy (non-hydrogen) atoms. The van der Waals surface area contributed by atoms with Crippen LogP contribution in [0.3, 0.4) is 0 Å². The Morgan fingerprint density at radius 2 is 2.40 bits per heavy atom. The summed E-state index contributed by atoms with van der Waals surface area (Å²) < 4.78 is 8.75. The molecule has 0 saturated heterocycles. The van der Waals surface area contributed by atoms with E-state index in [0.717, 1.165) is 10.6 Å². The summed E-state index contributed by atoms with van der Waals surface area (Å²) in [6, 6.07) is -0.622. The van der Waals surface area contributed by atoms with Crippen molar-refractivity contribution < 1.29 is 9.63 Å². The second-order valence-corrected chi connectivity index (χ2v) is 3.69. The molecule has 0 aromatic carbocycles. The Balaban J connectivity index is 2.32. The van der Waals surface area contributed by atoms with Gasteiger partial charge in [0.1, 0.15) is 4.88 Å². The fraction of sp³-hybridized carbons (Fsp3) is 0.429. The van der Waals surface area contributed by atoms with Gasteiger partial charge >= 0.3 is 0 Å². The molecule has 1 atom stereocenters. The minimum atomic E-state index is -0.622. The fourth-order valence-corrected chi connectivity index (χ4v) is 1.57. The first-order valence-corrected chi connectivity index (χ1v) is 4.99. The molecule has 0 spiro atoms. The Kier molecular flexibility index (Phi) is 2.71. The van der Waals surface area contributed by atoms with Gasteiger partial charge in [-0.15, -0.1) is 5.10 Å². The lowest BCUT2D eigenvalue weighted by Crippen LogP contribution is -2.15. The number of nitrogens with zero attached hydrogens (tertiary/aromatic N) is 4. The Bertz CT molecular complexity index is 454. The van der Waals surface area contributed by atoms with Gasteiger partial charge in [-0.05, 0) is 18.5 Å².